The Balaban J connectivity index is 1.48. The van der Waals surface area contributed by atoms with E-state index in [9.17, 15) is 9.59 Å². The normalized spacial score (nSPS) is 20.1. The molecule has 0 saturated heterocycles. The van der Waals surface area contributed by atoms with Gasteiger partial charge in [0.1, 0.15) is 6.17 Å². The minimum absolute atomic E-state index is 0.00938. The van der Waals surface area contributed by atoms with Gasteiger partial charge in [-0.05, 0) is 74.1 Å². The van der Waals surface area contributed by atoms with Gasteiger partial charge in [0.25, 0.3) is 0 Å². The first-order chi connectivity index (χ1) is 19.5. The summed E-state index contributed by atoms with van der Waals surface area (Å²) in [5.74, 6) is 1.23. The number of nitrogens with zero attached hydrogens (tertiary/aromatic N) is 3. The van der Waals surface area contributed by atoms with Crippen LogP contribution in [-0.2, 0) is 4.79 Å². The van der Waals surface area contributed by atoms with E-state index < -0.39 is 11.5 Å². The van der Waals surface area contributed by atoms with Crippen LogP contribution in [0.1, 0.15) is 72.2 Å². The highest BCUT2D eigenvalue weighted by molar-refractivity contribution is 8.01. The smallest absolute Gasteiger partial charge is 0.194 e. The van der Waals surface area contributed by atoms with Crippen LogP contribution in [-0.4, -0.2) is 51.6 Å². The molecular formula is C31H34N4O4S. The van der Waals surface area contributed by atoms with Crippen LogP contribution in [0.5, 0.6) is 11.5 Å². The molecule has 0 amide bonds. The third kappa shape index (κ3) is 5.90. The van der Waals surface area contributed by atoms with Gasteiger partial charge in [-0.15, -0.1) is 11.8 Å². The number of nitrogens with two attached hydrogens (primary N) is 1. The summed E-state index contributed by atoms with van der Waals surface area (Å²) >= 11 is 1.52. The van der Waals surface area contributed by atoms with E-state index in [2.05, 4.69) is 11.9 Å². The van der Waals surface area contributed by atoms with Gasteiger partial charge < -0.3 is 20.0 Å². The molecule has 2 heterocycles. The number of pyridine rings is 1. The molecular weight excluding hydrogens is 524 g/mol. The second-order valence-corrected chi connectivity index (χ2v) is 11.3. The molecule has 1 aliphatic carbocycles. The summed E-state index contributed by atoms with van der Waals surface area (Å²) in [5, 5.41) is 6.02. The number of ketones is 1. The molecule has 5 rings (SSSR count). The molecule has 208 valence electrons. The van der Waals surface area contributed by atoms with Gasteiger partial charge >= 0.3 is 0 Å². The Labute approximate surface area is 239 Å². The van der Waals surface area contributed by atoms with E-state index in [-0.39, 0.29) is 17.1 Å². The third-order valence-electron chi connectivity index (χ3n) is 7.33. The molecule has 9 heteroatoms. The number of aromatic nitrogens is 1. The fourth-order valence-corrected chi connectivity index (χ4v) is 6.39. The summed E-state index contributed by atoms with van der Waals surface area (Å²) in [7, 11) is 1.64. The van der Waals surface area contributed by atoms with Gasteiger partial charge in [-0.25, -0.2) is 0 Å². The first kappa shape index (κ1) is 27.9. The molecule has 2 aromatic carbocycles. The van der Waals surface area contributed by atoms with Gasteiger partial charge in [-0.3, -0.25) is 14.8 Å². The Morgan fingerprint density at radius 2 is 1.93 bits per heavy atom. The molecule has 2 aliphatic rings. The molecule has 2 N–H and O–H groups in total. The van der Waals surface area contributed by atoms with Crippen molar-refractivity contribution in [2.45, 2.75) is 61.9 Å². The zero-order valence-electron chi connectivity index (χ0n) is 22.7. The van der Waals surface area contributed by atoms with E-state index >= 15 is 0 Å². The van der Waals surface area contributed by atoms with Crippen LogP contribution in [0, 0.1) is 0 Å². The predicted molar refractivity (Wildman–Crippen MR) is 157 cm³/mol. The lowest BCUT2D eigenvalue weighted by Gasteiger charge is -2.38. The van der Waals surface area contributed by atoms with Crippen molar-refractivity contribution in [3.8, 4) is 11.5 Å². The number of thioether (sulfide) groups is 1. The van der Waals surface area contributed by atoms with Crippen LogP contribution in [0.15, 0.2) is 72.1 Å². The fraction of sp³-hybridized carbons (Fsp3) is 0.355. The van der Waals surface area contributed by atoms with Crippen LogP contribution in [0.25, 0.3) is 0 Å². The summed E-state index contributed by atoms with van der Waals surface area (Å²) < 4.78 is 11.9. The van der Waals surface area contributed by atoms with Gasteiger partial charge in [-0.1, -0.05) is 25.1 Å². The van der Waals surface area contributed by atoms with Crippen LogP contribution in [0.2, 0.25) is 0 Å². The van der Waals surface area contributed by atoms with E-state index in [1.54, 1.807) is 54.8 Å². The predicted octanol–water partition coefficient (Wildman–Crippen LogP) is 5.36. The number of hydrogen-bond donors (Lipinski definition) is 1. The number of ether oxygens (including phenoxy) is 2. The Morgan fingerprint density at radius 1 is 1.12 bits per heavy atom. The maximum absolute atomic E-state index is 13.0. The molecule has 0 radical (unpaired) electrons. The standard InChI is InChI=1S/C31H34N4O4S/c1-3-27-29(20-13-14-25(38-2)26(17-20)39-24-11-4-5-12-24)34-35(28(19-36)40-27)31(32)22-9-6-8-21(16-22)30(37)23-10-7-15-33-18-23/h6-10,13-19,24,27-28,31H,3-5,11-12,32H2,1-2H3. The Bertz CT molecular complexity index is 1380. The molecule has 0 spiro atoms. The van der Waals surface area contributed by atoms with Crippen LogP contribution >= 0.6 is 11.8 Å². The molecule has 3 unspecified atom stereocenters. The number of benzene rings is 2. The fourth-order valence-electron chi connectivity index (χ4n) is 5.18. The molecule has 1 aliphatic heterocycles. The number of methoxy groups -OCH3 is 1. The lowest BCUT2D eigenvalue weighted by atomic mass is 10.0. The maximum atomic E-state index is 13.0. The number of hydrazone groups is 1. The van der Waals surface area contributed by atoms with Gasteiger partial charge in [0.2, 0.25) is 0 Å². The van der Waals surface area contributed by atoms with Crippen molar-refractivity contribution in [3.63, 3.8) is 0 Å². The lowest BCUT2D eigenvalue weighted by Crippen LogP contribution is -2.44. The van der Waals surface area contributed by atoms with Crippen molar-refractivity contribution in [2.75, 3.05) is 7.11 Å². The number of carbonyl (C=O) groups is 2. The van der Waals surface area contributed by atoms with E-state index in [1.807, 2.05) is 24.3 Å². The molecule has 1 aromatic heterocycles. The van der Waals surface area contributed by atoms with E-state index in [1.165, 1.54) is 24.6 Å². The van der Waals surface area contributed by atoms with E-state index in [0.29, 0.717) is 28.2 Å². The van der Waals surface area contributed by atoms with Crippen molar-refractivity contribution >= 4 is 29.5 Å². The van der Waals surface area contributed by atoms with Crippen molar-refractivity contribution in [1.29, 1.82) is 0 Å². The van der Waals surface area contributed by atoms with Gasteiger partial charge in [0, 0.05) is 29.1 Å². The van der Waals surface area contributed by atoms with Crippen molar-refractivity contribution in [1.82, 2.24) is 9.99 Å². The average Bonchev–Trinajstić information content (AvgIpc) is 3.53. The van der Waals surface area contributed by atoms with Gasteiger partial charge in [-0.2, -0.15) is 5.10 Å². The Morgan fingerprint density at radius 3 is 2.62 bits per heavy atom. The van der Waals surface area contributed by atoms with Crippen LogP contribution in [0.3, 0.4) is 0 Å². The second kappa shape index (κ2) is 12.7. The largest absolute Gasteiger partial charge is 0.493 e. The van der Waals surface area contributed by atoms with Gasteiger partial charge in [0.05, 0.1) is 24.2 Å². The molecule has 3 atom stereocenters. The first-order valence-electron chi connectivity index (χ1n) is 13.6. The van der Waals surface area contributed by atoms with Crippen LogP contribution in [0.4, 0.5) is 0 Å². The summed E-state index contributed by atoms with van der Waals surface area (Å²) in [5.41, 5.74) is 10.1. The molecule has 3 aromatic rings. The molecule has 8 nitrogen and oxygen atoms in total. The van der Waals surface area contributed by atoms with Crippen molar-refractivity contribution < 1.29 is 19.1 Å². The maximum Gasteiger partial charge on any atom is 0.194 e. The summed E-state index contributed by atoms with van der Waals surface area (Å²) in [4.78, 5) is 29.3. The summed E-state index contributed by atoms with van der Waals surface area (Å²) in [6, 6.07) is 16.5. The minimum Gasteiger partial charge on any atom is -0.493 e. The third-order valence-corrected chi connectivity index (χ3v) is 8.83. The lowest BCUT2D eigenvalue weighted by molar-refractivity contribution is -0.110. The minimum atomic E-state index is -0.746. The van der Waals surface area contributed by atoms with Crippen LogP contribution < -0.4 is 15.2 Å². The number of rotatable bonds is 10. The SMILES string of the molecule is CCC1SC(C=O)N(C(N)c2cccc(C(=O)c3cccnc3)c2)N=C1c1ccc(OC)c(OC2CCCC2)c1. The second-order valence-electron chi connectivity index (χ2n) is 9.96. The highest BCUT2D eigenvalue weighted by atomic mass is 32.2. The van der Waals surface area contributed by atoms with Gasteiger partial charge in [0.15, 0.2) is 28.9 Å². The monoisotopic (exact) mass is 558 g/mol. The highest BCUT2D eigenvalue weighted by Gasteiger charge is 2.35. The molecule has 1 fully saturated rings. The molecule has 40 heavy (non-hydrogen) atoms. The first-order valence-corrected chi connectivity index (χ1v) is 14.6. The quantitative estimate of drug-likeness (QED) is 0.262. The number of hydrogen-bond acceptors (Lipinski definition) is 9. The number of aldehydes is 1. The van der Waals surface area contributed by atoms with E-state index in [0.717, 1.165) is 36.8 Å². The summed E-state index contributed by atoms with van der Waals surface area (Å²) in [6.07, 6.45) is 8.68. The van der Waals surface area contributed by atoms with E-state index in [4.69, 9.17) is 20.3 Å². The topological polar surface area (TPSA) is 107 Å². The average molecular weight is 559 g/mol. The summed E-state index contributed by atoms with van der Waals surface area (Å²) in [6.45, 7) is 2.08. The number of carbonyl (C=O) groups excluding carboxylic acids is 2. The van der Waals surface area contributed by atoms with Crippen molar-refractivity contribution in [3.05, 3.63) is 89.2 Å². The Kier molecular flexibility index (Phi) is 8.81. The Hall–Kier alpha value is -3.69. The molecule has 1 saturated carbocycles. The zero-order chi connectivity index (χ0) is 28.1. The zero-order valence-corrected chi connectivity index (χ0v) is 23.5. The highest BCUT2D eigenvalue weighted by Crippen LogP contribution is 2.38. The van der Waals surface area contributed by atoms with Crippen molar-refractivity contribution in [2.24, 2.45) is 10.8 Å². The molecule has 0 bridgehead atoms.